The third kappa shape index (κ3) is 1.72. The van der Waals surface area contributed by atoms with Crippen molar-refractivity contribution in [1.29, 1.82) is 0 Å². The van der Waals surface area contributed by atoms with Crippen LogP contribution in [0.15, 0.2) is 53.7 Å². The van der Waals surface area contributed by atoms with Crippen molar-refractivity contribution in [3.05, 3.63) is 59.9 Å². The summed E-state index contributed by atoms with van der Waals surface area (Å²) in [5.74, 6) is -0.489. The molecule has 2 aromatic rings. The molecule has 0 radical (unpaired) electrons. The van der Waals surface area contributed by atoms with Gasteiger partial charge in [0.15, 0.2) is 0 Å². The summed E-state index contributed by atoms with van der Waals surface area (Å²) in [7, 11) is -3.79. The second-order valence-electron chi connectivity index (χ2n) is 4.56. The van der Waals surface area contributed by atoms with Crippen molar-refractivity contribution >= 4 is 15.9 Å². The van der Waals surface area contributed by atoms with Crippen LogP contribution in [0, 0.1) is 0 Å². The molecule has 20 heavy (non-hydrogen) atoms. The summed E-state index contributed by atoms with van der Waals surface area (Å²) in [6.07, 6.45) is 3.17. The fourth-order valence-corrected chi connectivity index (χ4v) is 4.10. The summed E-state index contributed by atoms with van der Waals surface area (Å²) in [4.78, 5) is 16.4. The molecule has 2 heterocycles. The number of amides is 1. The standard InChI is InChI=1S/C14H12N2O3S/c1-10(11-5-4-8-15-9-11)16-14(17)12-6-2-3-7-13(12)20(16,18)19/h2-10H,1H3/t10-/m1/s1. The summed E-state index contributed by atoms with van der Waals surface area (Å²) in [6, 6.07) is 9.14. The minimum absolute atomic E-state index is 0.0701. The highest BCUT2D eigenvalue weighted by molar-refractivity contribution is 7.90. The van der Waals surface area contributed by atoms with Crippen molar-refractivity contribution < 1.29 is 13.2 Å². The van der Waals surface area contributed by atoms with E-state index in [9.17, 15) is 13.2 Å². The van der Waals surface area contributed by atoms with Crippen LogP contribution in [0.2, 0.25) is 0 Å². The lowest BCUT2D eigenvalue weighted by molar-refractivity contribution is 0.0839. The predicted octanol–water partition coefficient (Wildman–Crippen LogP) is 1.99. The van der Waals surface area contributed by atoms with Crippen LogP contribution in [0.5, 0.6) is 0 Å². The van der Waals surface area contributed by atoms with Gasteiger partial charge in [0, 0.05) is 12.4 Å². The van der Waals surface area contributed by atoms with Gasteiger partial charge in [-0.25, -0.2) is 12.7 Å². The van der Waals surface area contributed by atoms with Crippen molar-refractivity contribution in [3.63, 3.8) is 0 Å². The molecule has 102 valence electrons. The lowest BCUT2D eigenvalue weighted by Crippen LogP contribution is -2.32. The van der Waals surface area contributed by atoms with Crippen LogP contribution in [-0.2, 0) is 10.0 Å². The van der Waals surface area contributed by atoms with E-state index in [0.29, 0.717) is 5.56 Å². The lowest BCUT2D eigenvalue weighted by atomic mass is 10.1. The third-order valence-electron chi connectivity index (χ3n) is 3.37. The maximum Gasteiger partial charge on any atom is 0.269 e. The van der Waals surface area contributed by atoms with E-state index in [1.165, 1.54) is 12.1 Å². The van der Waals surface area contributed by atoms with Gasteiger partial charge in [-0.05, 0) is 30.7 Å². The van der Waals surface area contributed by atoms with Crippen LogP contribution in [0.3, 0.4) is 0 Å². The number of hydrogen-bond acceptors (Lipinski definition) is 4. The molecular weight excluding hydrogens is 276 g/mol. The largest absolute Gasteiger partial charge is 0.269 e. The van der Waals surface area contributed by atoms with Gasteiger partial charge in [-0.15, -0.1) is 0 Å². The molecule has 0 aliphatic carbocycles. The van der Waals surface area contributed by atoms with Crippen LogP contribution < -0.4 is 0 Å². The molecule has 6 heteroatoms. The molecule has 5 nitrogen and oxygen atoms in total. The van der Waals surface area contributed by atoms with E-state index in [0.717, 1.165) is 4.31 Å². The first-order valence-electron chi connectivity index (χ1n) is 6.11. The van der Waals surface area contributed by atoms with Gasteiger partial charge < -0.3 is 0 Å². The Bertz CT molecular complexity index is 772. The van der Waals surface area contributed by atoms with Gasteiger partial charge in [-0.2, -0.15) is 0 Å². The number of fused-ring (bicyclic) bond motifs is 1. The molecule has 0 spiro atoms. The minimum atomic E-state index is -3.79. The number of rotatable bonds is 2. The number of sulfonamides is 1. The van der Waals surface area contributed by atoms with E-state index in [1.807, 2.05) is 0 Å². The number of pyridine rings is 1. The first-order chi connectivity index (χ1) is 9.53. The summed E-state index contributed by atoms with van der Waals surface area (Å²) < 4.78 is 25.9. The quantitative estimate of drug-likeness (QED) is 0.847. The van der Waals surface area contributed by atoms with E-state index >= 15 is 0 Å². The van der Waals surface area contributed by atoms with E-state index < -0.39 is 22.0 Å². The Labute approximate surface area is 116 Å². The SMILES string of the molecule is C[C@H](c1cccnc1)N1C(=O)c2ccccc2S1(=O)=O. The van der Waals surface area contributed by atoms with Gasteiger partial charge in [-0.1, -0.05) is 18.2 Å². The maximum atomic E-state index is 12.5. The zero-order chi connectivity index (χ0) is 14.3. The van der Waals surface area contributed by atoms with E-state index in [1.54, 1.807) is 43.6 Å². The number of hydrogen-bond donors (Lipinski definition) is 0. The summed E-state index contributed by atoms with van der Waals surface area (Å²) >= 11 is 0. The molecule has 0 saturated heterocycles. The number of nitrogens with zero attached hydrogens (tertiary/aromatic N) is 2. The molecule has 1 aliphatic rings. The fraction of sp³-hybridized carbons (Fsp3) is 0.143. The summed E-state index contributed by atoms with van der Waals surface area (Å²) in [5, 5.41) is 0. The van der Waals surface area contributed by atoms with Gasteiger partial charge >= 0.3 is 0 Å². The van der Waals surface area contributed by atoms with Crippen LogP contribution in [0.1, 0.15) is 28.9 Å². The molecule has 0 unspecified atom stereocenters. The second-order valence-corrected chi connectivity index (χ2v) is 6.35. The van der Waals surface area contributed by atoms with E-state index in [2.05, 4.69) is 4.98 Å². The molecule has 1 amide bonds. The Hall–Kier alpha value is -2.21. The molecular formula is C14H12N2O3S. The Morgan fingerprint density at radius 3 is 2.55 bits per heavy atom. The molecule has 0 fully saturated rings. The molecule has 1 aromatic heterocycles. The number of carbonyl (C=O) groups excluding carboxylic acids is 1. The van der Waals surface area contributed by atoms with Crippen LogP contribution in [-0.4, -0.2) is 23.6 Å². The number of carbonyl (C=O) groups is 1. The lowest BCUT2D eigenvalue weighted by Gasteiger charge is -2.23. The average Bonchev–Trinajstić information content (AvgIpc) is 2.67. The van der Waals surface area contributed by atoms with Crippen molar-refractivity contribution in [2.45, 2.75) is 17.9 Å². The zero-order valence-electron chi connectivity index (χ0n) is 10.7. The van der Waals surface area contributed by atoms with Gasteiger partial charge in [0.25, 0.3) is 15.9 Å². The Balaban J connectivity index is 2.11. The van der Waals surface area contributed by atoms with Gasteiger partial charge in [-0.3, -0.25) is 9.78 Å². The van der Waals surface area contributed by atoms with E-state index in [4.69, 9.17) is 0 Å². The number of aromatic nitrogens is 1. The third-order valence-corrected chi connectivity index (χ3v) is 5.28. The molecule has 0 saturated carbocycles. The van der Waals surface area contributed by atoms with Crippen LogP contribution >= 0.6 is 0 Å². The van der Waals surface area contributed by atoms with Gasteiger partial charge in [0.1, 0.15) is 4.90 Å². The maximum absolute atomic E-state index is 12.5. The minimum Gasteiger partial charge on any atom is -0.268 e. The Morgan fingerprint density at radius 2 is 1.90 bits per heavy atom. The molecule has 0 N–H and O–H groups in total. The highest BCUT2D eigenvalue weighted by Crippen LogP contribution is 2.36. The molecule has 3 rings (SSSR count). The smallest absolute Gasteiger partial charge is 0.268 e. The number of benzene rings is 1. The van der Waals surface area contributed by atoms with Crippen molar-refractivity contribution in [2.75, 3.05) is 0 Å². The van der Waals surface area contributed by atoms with Crippen molar-refractivity contribution in [2.24, 2.45) is 0 Å². The molecule has 1 aliphatic heterocycles. The Morgan fingerprint density at radius 1 is 1.15 bits per heavy atom. The topological polar surface area (TPSA) is 67.3 Å². The van der Waals surface area contributed by atoms with Gasteiger partial charge in [0.2, 0.25) is 0 Å². The monoisotopic (exact) mass is 288 g/mol. The average molecular weight is 288 g/mol. The molecule has 0 bridgehead atoms. The second kappa shape index (κ2) is 4.42. The van der Waals surface area contributed by atoms with E-state index in [-0.39, 0.29) is 10.5 Å². The zero-order valence-corrected chi connectivity index (χ0v) is 11.5. The first kappa shape index (κ1) is 12.8. The Kier molecular flexibility index (Phi) is 2.83. The summed E-state index contributed by atoms with van der Waals surface area (Å²) in [5.41, 5.74) is 0.903. The van der Waals surface area contributed by atoms with Crippen molar-refractivity contribution in [3.8, 4) is 0 Å². The highest BCUT2D eigenvalue weighted by Gasteiger charge is 2.43. The van der Waals surface area contributed by atoms with Crippen LogP contribution in [0.25, 0.3) is 0 Å². The van der Waals surface area contributed by atoms with Crippen molar-refractivity contribution in [1.82, 2.24) is 9.29 Å². The summed E-state index contributed by atoms with van der Waals surface area (Å²) in [6.45, 7) is 1.68. The highest BCUT2D eigenvalue weighted by atomic mass is 32.2. The fourth-order valence-electron chi connectivity index (χ4n) is 2.34. The predicted molar refractivity (Wildman–Crippen MR) is 72.4 cm³/mol. The molecule has 1 atom stereocenters. The molecule has 1 aromatic carbocycles. The van der Waals surface area contributed by atoms with Crippen LogP contribution in [0.4, 0.5) is 0 Å². The van der Waals surface area contributed by atoms with Gasteiger partial charge in [0.05, 0.1) is 11.6 Å². The first-order valence-corrected chi connectivity index (χ1v) is 7.55. The normalized spacial score (nSPS) is 17.9.